The molecule has 7 heteroatoms. The summed E-state index contributed by atoms with van der Waals surface area (Å²) in [5.41, 5.74) is 7.13. The SMILES string of the molecule is COc1ccc(CNC2CCC3=C2N=C2N=C(SC)NN2C3)cc1. The Morgan fingerprint density at radius 3 is 2.92 bits per heavy atom. The van der Waals surface area contributed by atoms with E-state index in [-0.39, 0.29) is 0 Å². The van der Waals surface area contributed by atoms with Gasteiger partial charge in [0, 0.05) is 6.54 Å². The monoisotopic (exact) mass is 343 g/mol. The molecule has 1 aliphatic carbocycles. The number of amidine groups is 1. The van der Waals surface area contributed by atoms with E-state index in [1.54, 1.807) is 18.9 Å². The van der Waals surface area contributed by atoms with Crippen LogP contribution in [-0.4, -0.2) is 42.1 Å². The summed E-state index contributed by atoms with van der Waals surface area (Å²) >= 11 is 1.61. The third kappa shape index (κ3) is 2.89. The molecule has 6 nitrogen and oxygen atoms in total. The Bertz CT molecular complexity index is 725. The Morgan fingerprint density at radius 1 is 1.33 bits per heavy atom. The molecule has 0 amide bonds. The molecule has 3 aliphatic rings. The molecular formula is C17H21N5OS. The summed E-state index contributed by atoms with van der Waals surface area (Å²) in [6, 6.07) is 8.50. The van der Waals surface area contributed by atoms with Gasteiger partial charge in [0.05, 0.1) is 25.4 Å². The number of rotatable bonds is 4. The number of ether oxygens (including phenoxy) is 1. The van der Waals surface area contributed by atoms with E-state index in [0.717, 1.165) is 42.8 Å². The summed E-state index contributed by atoms with van der Waals surface area (Å²) in [5.74, 6) is 1.68. The number of fused-ring (bicyclic) bond motifs is 1. The normalized spacial score (nSPS) is 21.9. The number of nitrogens with one attached hydrogen (secondary N) is 2. The van der Waals surface area contributed by atoms with Crippen LogP contribution in [0.2, 0.25) is 0 Å². The fourth-order valence-electron chi connectivity index (χ4n) is 3.26. The fourth-order valence-corrected chi connectivity index (χ4v) is 3.63. The minimum Gasteiger partial charge on any atom is -0.497 e. The summed E-state index contributed by atoms with van der Waals surface area (Å²) in [6.45, 7) is 1.71. The molecule has 2 heterocycles. The first-order valence-electron chi connectivity index (χ1n) is 8.10. The van der Waals surface area contributed by atoms with Crippen molar-refractivity contribution in [3.05, 3.63) is 41.1 Å². The van der Waals surface area contributed by atoms with Gasteiger partial charge in [0.1, 0.15) is 5.75 Å². The number of benzene rings is 1. The van der Waals surface area contributed by atoms with Crippen LogP contribution in [0.25, 0.3) is 0 Å². The third-order valence-corrected chi connectivity index (χ3v) is 5.14. The Labute approximate surface area is 146 Å². The minimum atomic E-state index is 0.310. The van der Waals surface area contributed by atoms with Crippen LogP contribution in [0.4, 0.5) is 0 Å². The van der Waals surface area contributed by atoms with Crippen LogP contribution in [0.1, 0.15) is 18.4 Å². The van der Waals surface area contributed by atoms with Gasteiger partial charge >= 0.3 is 0 Å². The van der Waals surface area contributed by atoms with Crippen molar-refractivity contribution in [1.82, 2.24) is 15.8 Å². The molecule has 24 heavy (non-hydrogen) atoms. The molecular weight excluding hydrogens is 322 g/mol. The summed E-state index contributed by atoms with van der Waals surface area (Å²) < 4.78 is 5.21. The topological polar surface area (TPSA) is 61.2 Å². The van der Waals surface area contributed by atoms with Crippen LogP contribution in [0.15, 0.2) is 45.5 Å². The van der Waals surface area contributed by atoms with E-state index in [1.165, 1.54) is 16.8 Å². The molecule has 0 spiro atoms. The van der Waals surface area contributed by atoms with Crippen molar-refractivity contribution in [2.24, 2.45) is 9.98 Å². The molecule has 1 aromatic carbocycles. The Hall–Kier alpha value is -1.99. The molecule has 0 saturated carbocycles. The fraction of sp³-hybridized carbons (Fsp3) is 0.412. The Morgan fingerprint density at radius 2 is 2.17 bits per heavy atom. The minimum absolute atomic E-state index is 0.310. The molecule has 0 saturated heterocycles. The number of thioether (sulfide) groups is 1. The molecule has 1 atom stereocenters. The smallest absolute Gasteiger partial charge is 0.247 e. The van der Waals surface area contributed by atoms with Gasteiger partial charge in [0.15, 0.2) is 5.17 Å². The van der Waals surface area contributed by atoms with Crippen LogP contribution < -0.4 is 15.5 Å². The van der Waals surface area contributed by atoms with Gasteiger partial charge in [-0.3, -0.25) is 5.43 Å². The summed E-state index contributed by atoms with van der Waals surface area (Å²) in [6.07, 6.45) is 4.22. The van der Waals surface area contributed by atoms with Gasteiger partial charge in [0.2, 0.25) is 5.96 Å². The van der Waals surface area contributed by atoms with Gasteiger partial charge in [-0.05, 0) is 42.4 Å². The summed E-state index contributed by atoms with van der Waals surface area (Å²) in [5, 5.41) is 6.59. The Balaban J connectivity index is 1.44. The number of guanidine groups is 1. The lowest BCUT2D eigenvalue weighted by Crippen LogP contribution is -2.41. The molecule has 2 aliphatic heterocycles. The van der Waals surface area contributed by atoms with Gasteiger partial charge in [0.25, 0.3) is 0 Å². The zero-order valence-electron chi connectivity index (χ0n) is 13.9. The molecule has 126 valence electrons. The molecule has 0 radical (unpaired) electrons. The van der Waals surface area contributed by atoms with Crippen molar-refractivity contribution in [1.29, 1.82) is 0 Å². The van der Waals surface area contributed by atoms with E-state index in [0.29, 0.717) is 6.04 Å². The molecule has 4 rings (SSSR count). The highest BCUT2D eigenvalue weighted by Gasteiger charge is 2.33. The standard InChI is InChI=1S/C17H21N5OS/c1-23-13-6-3-11(4-7-13)9-18-14-8-5-12-10-22-16(19-15(12)14)20-17(21-22)24-2/h3-4,6-7,14,18H,5,8-10H2,1-2H3,(H,19,20,21). The quantitative estimate of drug-likeness (QED) is 0.877. The van der Waals surface area contributed by atoms with E-state index in [1.807, 2.05) is 23.4 Å². The maximum atomic E-state index is 5.21. The highest BCUT2D eigenvalue weighted by molar-refractivity contribution is 8.13. The predicted molar refractivity (Wildman–Crippen MR) is 98.1 cm³/mol. The first kappa shape index (κ1) is 15.5. The van der Waals surface area contributed by atoms with Crippen molar-refractivity contribution in [2.75, 3.05) is 19.9 Å². The predicted octanol–water partition coefficient (Wildman–Crippen LogP) is 2.11. The van der Waals surface area contributed by atoms with Crippen molar-refractivity contribution >= 4 is 22.9 Å². The largest absolute Gasteiger partial charge is 0.497 e. The molecule has 0 bridgehead atoms. The van der Waals surface area contributed by atoms with Crippen LogP contribution in [-0.2, 0) is 6.54 Å². The van der Waals surface area contributed by atoms with E-state index in [2.05, 4.69) is 27.9 Å². The number of nitrogens with zero attached hydrogens (tertiary/aromatic N) is 3. The van der Waals surface area contributed by atoms with Crippen molar-refractivity contribution in [3.8, 4) is 5.75 Å². The zero-order valence-corrected chi connectivity index (χ0v) is 14.7. The van der Waals surface area contributed by atoms with Crippen LogP contribution in [0, 0.1) is 0 Å². The second kappa shape index (κ2) is 6.49. The number of hydrazine groups is 1. The average Bonchev–Trinajstić information content (AvgIpc) is 3.21. The number of hydrogen-bond donors (Lipinski definition) is 2. The lowest BCUT2D eigenvalue weighted by atomic mass is 10.1. The number of methoxy groups -OCH3 is 1. The highest BCUT2D eigenvalue weighted by atomic mass is 32.2. The maximum absolute atomic E-state index is 5.21. The van der Waals surface area contributed by atoms with Crippen molar-refractivity contribution in [2.45, 2.75) is 25.4 Å². The van der Waals surface area contributed by atoms with Crippen molar-refractivity contribution < 1.29 is 4.74 Å². The van der Waals surface area contributed by atoms with E-state index >= 15 is 0 Å². The molecule has 1 unspecified atom stereocenters. The van der Waals surface area contributed by atoms with Gasteiger partial charge in [-0.25, -0.2) is 10.0 Å². The molecule has 0 fully saturated rings. The first-order valence-corrected chi connectivity index (χ1v) is 9.33. The van der Waals surface area contributed by atoms with Gasteiger partial charge in [-0.2, -0.15) is 4.99 Å². The zero-order chi connectivity index (χ0) is 16.5. The average molecular weight is 343 g/mol. The second-order valence-electron chi connectivity index (χ2n) is 6.04. The van der Waals surface area contributed by atoms with E-state index < -0.39 is 0 Å². The van der Waals surface area contributed by atoms with Crippen LogP contribution >= 0.6 is 11.8 Å². The number of aliphatic imine (C=N–C) groups is 2. The second-order valence-corrected chi connectivity index (χ2v) is 6.83. The van der Waals surface area contributed by atoms with Gasteiger partial charge < -0.3 is 10.1 Å². The van der Waals surface area contributed by atoms with Crippen LogP contribution in [0.5, 0.6) is 5.75 Å². The summed E-state index contributed by atoms with van der Waals surface area (Å²) in [4.78, 5) is 9.33. The lowest BCUT2D eigenvalue weighted by Gasteiger charge is -2.24. The Kier molecular flexibility index (Phi) is 4.20. The molecule has 0 aromatic heterocycles. The first-order chi connectivity index (χ1) is 11.8. The van der Waals surface area contributed by atoms with Crippen molar-refractivity contribution in [3.63, 3.8) is 0 Å². The molecule has 2 N–H and O–H groups in total. The van der Waals surface area contributed by atoms with Gasteiger partial charge in [-0.15, -0.1) is 0 Å². The lowest BCUT2D eigenvalue weighted by molar-refractivity contribution is 0.410. The number of hydrogen-bond acceptors (Lipinski definition) is 7. The van der Waals surface area contributed by atoms with Gasteiger partial charge in [-0.1, -0.05) is 23.9 Å². The van der Waals surface area contributed by atoms with Crippen LogP contribution in [0.3, 0.4) is 0 Å². The molecule has 1 aromatic rings. The maximum Gasteiger partial charge on any atom is 0.247 e. The third-order valence-electron chi connectivity index (χ3n) is 4.58. The highest BCUT2D eigenvalue weighted by Crippen LogP contribution is 2.32. The summed E-state index contributed by atoms with van der Waals surface area (Å²) in [7, 11) is 1.69. The van der Waals surface area contributed by atoms with E-state index in [4.69, 9.17) is 9.73 Å². The van der Waals surface area contributed by atoms with E-state index in [9.17, 15) is 0 Å².